The molecular formula is C10H17N5O. The Labute approximate surface area is 94.8 Å². The van der Waals surface area contributed by atoms with Crippen LogP contribution in [0.2, 0.25) is 0 Å². The SMILES string of the molecule is Cc1ccc(N(C)C(C)CC(N)=NO)nn1. The van der Waals surface area contributed by atoms with E-state index in [4.69, 9.17) is 10.9 Å². The van der Waals surface area contributed by atoms with Crippen LogP contribution in [0.25, 0.3) is 0 Å². The van der Waals surface area contributed by atoms with Gasteiger partial charge >= 0.3 is 0 Å². The monoisotopic (exact) mass is 223 g/mol. The summed E-state index contributed by atoms with van der Waals surface area (Å²) in [5.74, 6) is 0.975. The normalized spacial score (nSPS) is 13.6. The van der Waals surface area contributed by atoms with E-state index < -0.39 is 0 Å². The lowest BCUT2D eigenvalue weighted by molar-refractivity contribution is 0.316. The van der Waals surface area contributed by atoms with Crippen LogP contribution < -0.4 is 10.6 Å². The van der Waals surface area contributed by atoms with Crippen LogP contribution in [0.15, 0.2) is 17.3 Å². The molecule has 0 spiro atoms. The highest BCUT2D eigenvalue weighted by Gasteiger charge is 2.13. The van der Waals surface area contributed by atoms with Gasteiger partial charge in [0.1, 0.15) is 5.84 Å². The highest BCUT2D eigenvalue weighted by atomic mass is 16.4. The predicted octanol–water partition coefficient (Wildman–Crippen LogP) is 0.746. The number of hydrogen-bond acceptors (Lipinski definition) is 5. The fraction of sp³-hybridized carbons (Fsp3) is 0.500. The molecule has 0 aromatic carbocycles. The van der Waals surface area contributed by atoms with E-state index in [1.165, 1.54) is 0 Å². The minimum absolute atomic E-state index is 0.0907. The van der Waals surface area contributed by atoms with Gasteiger partial charge in [-0.3, -0.25) is 0 Å². The van der Waals surface area contributed by atoms with Crippen LogP contribution in [0.4, 0.5) is 5.82 Å². The van der Waals surface area contributed by atoms with Gasteiger partial charge < -0.3 is 15.8 Å². The maximum Gasteiger partial charge on any atom is 0.151 e. The van der Waals surface area contributed by atoms with E-state index in [2.05, 4.69) is 15.4 Å². The van der Waals surface area contributed by atoms with Crippen molar-refractivity contribution in [3.05, 3.63) is 17.8 Å². The lowest BCUT2D eigenvalue weighted by atomic mass is 10.2. The fourth-order valence-corrected chi connectivity index (χ4v) is 1.29. The quantitative estimate of drug-likeness (QED) is 0.340. The Balaban J connectivity index is 2.70. The van der Waals surface area contributed by atoms with E-state index in [1.807, 2.05) is 37.9 Å². The van der Waals surface area contributed by atoms with E-state index in [0.29, 0.717) is 6.42 Å². The van der Waals surface area contributed by atoms with Crippen LogP contribution in [-0.4, -0.2) is 34.3 Å². The molecule has 0 aliphatic rings. The fourth-order valence-electron chi connectivity index (χ4n) is 1.29. The molecule has 1 heterocycles. The summed E-state index contributed by atoms with van der Waals surface area (Å²) in [5.41, 5.74) is 6.33. The Bertz CT molecular complexity index is 362. The van der Waals surface area contributed by atoms with E-state index in [0.717, 1.165) is 11.5 Å². The summed E-state index contributed by atoms with van der Waals surface area (Å²) in [6, 6.07) is 3.88. The van der Waals surface area contributed by atoms with Crippen molar-refractivity contribution in [1.29, 1.82) is 0 Å². The maximum atomic E-state index is 8.49. The Morgan fingerprint density at radius 3 is 2.75 bits per heavy atom. The van der Waals surface area contributed by atoms with Crippen LogP contribution in [0.3, 0.4) is 0 Å². The number of nitrogens with two attached hydrogens (primary N) is 1. The van der Waals surface area contributed by atoms with Crippen molar-refractivity contribution in [3.63, 3.8) is 0 Å². The molecule has 1 atom stereocenters. The van der Waals surface area contributed by atoms with Gasteiger partial charge in [0.25, 0.3) is 0 Å². The standard InChI is InChI=1S/C10H17N5O/c1-7-4-5-10(13-12-7)15(3)8(2)6-9(11)14-16/h4-5,8,16H,6H2,1-3H3,(H2,11,14). The third-order valence-corrected chi connectivity index (χ3v) is 2.44. The van der Waals surface area contributed by atoms with Crippen LogP contribution in [0.5, 0.6) is 0 Å². The first-order chi connectivity index (χ1) is 7.54. The maximum absolute atomic E-state index is 8.49. The molecule has 88 valence electrons. The van der Waals surface area contributed by atoms with Gasteiger partial charge in [-0.25, -0.2) is 0 Å². The molecule has 3 N–H and O–H groups in total. The van der Waals surface area contributed by atoms with Crippen molar-refractivity contribution in [2.45, 2.75) is 26.3 Å². The summed E-state index contributed by atoms with van der Waals surface area (Å²) in [4.78, 5) is 1.94. The molecule has 0 radical (unpaired) electrons. The van der Waals surface area contributed by atoms with Gasteiger partial charge in [-0.1, -0.05) is 5.16 Å². The number of anilines is 1. The zero-order chi connectivity index (χ0) is 12.1. The number of hydrogen-bond donors (Lipinski definition) is 2. The summed E-state index contributed by atoms with van der Waals surface area (Å²) in [6.07, 6.45) is 0.475. The van der Waals surface area contributed by atoms with Gasteiger partial charge in [-0.15, -0.1) is 5.10 Å². The average Bonchev–Trinajstić information content (AvgIpc) is 2.28. The minimum Gasteiger partial charge on any atom is -0.409 e. The second-order valence-electron chi connectivity index (χ2n) is 3.79. The molecule has 0 fully saturated rings. The number of aryl methyl sites for hydroxylation is 1. The number of aromatic nitrogens is 2. The van der Waals surface area contributed by atoms with Crippen molar-refractivity contribution in [3.8, 4) is 0 Å². The molecule has 6 heteroatoms. The summed E-state index contributed by atoms with van der Waals surface area (Å²) < 4.78 is 0. The summed E-state index contributed by atoms with van der Waals surface area (Å²) in [5, 5.41) is 19.5. The summed E-state index contributed by atoms with van der Waals surface area (Å²) in [7, 11) is 1.90. The third-order valence-electron chi connectivity index (χ3n) is 2.44. The molecule has 16 heavy (non-hydrogen) atoms. The molecule has 0 aliphatic carbocycles. The largest absolute Gasteiger partial charge is 0.409 e. The lowest BCUT2D eigenvalue weighted by Gasteiger charge is -2.24. The smallest absolute Gasteiger partial charge is 0.151 e. The molecule has 0 saturated heterocycles. The van der Waals surface area contributed by atoms with Crippen LogP contribution in [0, 0.1) is 6.92 Å². The van der Waals surface area contributed by atoms with E-state index in [-0.39, 0.29) is 11.9 Å². The van der Waals surface area contributed by atoms with Gasteiger partial charge in [-0.2, -0.15) is 5.10 Å². The molecule has 0 amide bonds. The molecule has 6 nitrogen and oxygen atoms in total. The third kappa shape index (κ3) is 3.08. The second-order valence-corrected chi connectivity index (χ2v) is 3.79. The van der Waals surface area contributed by atoms with Crippen LogP contribution in [-0.2, 0) is 0 Å². The van der Waals surface area contributed by atoms with E-state index in [9.17, 15) is 0 Å². The molecule has 0 aliphatic heterocycles. The summed E-state index contributed by atoms with van der Waals surface area (Å²) in [6.45, 7) is 3.86. The molecule has 1 aromatic heterocycles. The Hall–Kier alpha value is -1.85. The van der Waals surface area contributed by atoms with Gasteiger partial charge in [-0.05, 0) is 26.0 Å². The molecule has 1 rings (SSSR count). The molecule has 1 aromatic rings. The van der Waals surface area contributed by atoms with Gasteiger partial charge in [0, 0.05) is 19.5 Å². The zero-order valence-electron chi connectivity index (χ0n) is 9.75. The van der Waals surface area contributed by atoms with Crippen molar-refractivity contribution in [2.75, 3.05) is 11.9 Å². The zero-order valence-corrected chi connectivity index (χ0v) is 9.75. The van der Waals surface area contributed by atoms with Gasteiger partial charge in [0.2, 0.25) is 0 Å². The average molecular weight is 223 g/mol. The van der Waals surface area contributed by atoms with Crippen molar-refractivity contribution >= 4 is 11.7 Å². The minimum atomic E-state index is 0.0907. The number of oxime groups is 1. The lowest BCUT2D eigenvalue weighted by Crippen LogP contribution is -2.33. The van der Waals surface area contributed by atoms with Gasteiger partial charge in [0.05, 0.1) is 5.69 Å². The summed E-state index contributed by atoms with van der Waals surface area (Å²) >= 11 is 0. The Morgan fingerprint density at radius 1 is 1.56 bits per heavy atom. The highest BCUT2D eigenvalue weighted by Crippen LogP contribution is 2.12. The predicted molar refractivity (Wildman–Crippen MR) is 62.7 cm³/mol. The first-order valence-corrected chi connectivity index (χ1v) is 5.04. The Morgan fingerprint density at radius 2 is 2.25 bits per heavy atom. The highest BCUT2D eigenvalue weighted by molar-refractivity contribution is 5.80. The molecule has 0 bridgehead atoms. The number of nitrogens with zero attached hydrogens (tertiary/aromatic N) is 4. The van der Waals surface area contributed by atoms with Crippen molar-refractivity contribution in [1.82, 2.24) is 10.2 Å². The first-order valence-electron chi connectivity index (χ1n) is 5.04. The topological polar surface area (TPSA) is 87.6 Å². The Kier molecular flexibility index (Phi) is 4.04. The molecular weight excluding hydrogens is 206 g/mol. The van der Waals surface area contributed by atoms with Crippen molar-refractivity contribution < 1.29 is 5.21 Å². The van der Waals surface area contributed by atoms with Crippen LogP contribution >= 0.6 is 0 Å². The number of rotatable bonds is 4. The van der Waals surface area contributed by atoms with Crippen LogP contribution in [0.1, 0.15) is 19.0 Å². The van der Waals surface area contributed by atoms with E-state index in [1.54, 1.807) is 0 Å². The van der Waals surface area contributed by atoms with E-state index >= 15 is 0 Å². The molecule has 0 saturated carbocycles. The molecule has 1 unspecified atom stereocenters. The van der Waals surface area contributed by atoms with Crippen molar-refractivity contribution in [2.24, 2.45) is 10.9 Å². The first kappa shape index (κ1) is 12.2. The van der Waals surface area contributed by atoms with Gasteiger partial charge in [0.15, 0.2) is 5.82 Å². The second kappa shape index (κ2) is 5.29. The number of amidine groups is 1.